The molecule has 0 aliphatic carbocycles. The van der Waals surface area contributed by atoms with Gasteiger partial charge in [-0.1, -0.05) is 13.8 Å². The highest BCUT2D eigenvalue weighted by Gasteiger charge is 2.29. The quantitative estimate of drug-likeness (QED) is 0.465. The second-order valence-corrected chi connectivity index (χ2v) is 6.06. The van der Waals surface area contributed by atoms with Crippen LogP contribution in [0.5, 0.6) is 5.75 Å². The van der Waals surface area contributed by atoms with Crippen LogP contribution in [0, 0.1) is 16.0 Å². The van der Waals surface area contributed by atoms with Crippen LogP contribution < -0.4 is 15.0 Å². The molecule has 0 radical (unpaired) electrons. The zero-order chi connectivity index (χ0) is 17.7. The number of anilines is 1. The molecule has 1 aliphatic heterocycles. The van der Waals surface area contributed by atoms with E-state index in [1.807, 2.05) is 0 Å². The average molecular weight is 335 g/mol. The second-order valence-electron chi connectivity index (χ2n) is 6.06. The van der Waals surface area contributed by atoms with Gasteiger partial charge in [-0.25, -0.2) is 0 Å². The summed E-state index contributed by atoms with van der Waals surface area (Å²) >= 11 is 0. The molecule has 130 valence electrons. The van der Waals surface area contributed by atoms with Crippen molar-refractivity contribution in [1.29, 1.82) is 0 Å². The van der Waals surface area contributed by atoms with Gasteiger partial charge in [0.1, 0.15) is 12.3 Å². The summed E-state index contributed by atoms with van der Waals surface area (Å²) in [6.45, 7) is 4.39. The Hall–Kier alpha value is -2.64. The van der Waals surface area contributed by atoms with E-state index in [4.69, 9.17) is 4.74 Å². The molecular weight excluding hydrogens is 314 g/mol. The van der Waals surface area contributed by atoms with Crippen LogP contribution in [0.15, 0.2) is 18.2 Å². The smallest absolute Gasteiger partial charge is 0.271 e. The normalized spacial score (nSPS) is 13.5. The van der Waals surface area contributed by atoms with E-state index >= 15 is 0 Å². The van der Waals surface area contributed by atoms with Crippen molar-refractivity contribution in [3.8, 4) is 5.75 Å². The Balaban J connectivity index is 2.04. The lowest BCUT2D eigenvalue weighted by molar-refractivity contribution is -0.384. The highest BCUT2D eigenvalue weighted by atomic mass is 16.6. The van der Waals surface area contributed by atoms with E-state index in [1.165, 1.54) is 23.1 Å². The maximum Gasteiger partial charge on any atom is 0.271 e. The van der Waals surface area contributed by atoms with Gasteiger partial charge in [-0.05, 0) is 24.8 Å². The van der Waals surface area contributed by atoms with E-state index in [0.29, 0.717) is 18.2 Å². The molecule has 0 bridgehead atoms. The Morgan fingerprint density at radius 1 is 1.46 bits per heavy atom. The summed E-state index contributed by atoms with van der Waals surface area (Å²) in [5.41, 5.74) is 0.0900. The van der Waals surface area contributed by atoms with Crippen molar-refractivity contribution < 1.29 is 19.2 Å². The van der Waals surface area contributed by atoms with Gasteiger partial charge in [0.15, 0.2) is 6.61 Å². The van der Waals surface area contributed by atoms with Gasteiger partial charge in [-0.2, -0.15) is 0 Å². The van der Waals surface area contributed by atoms with E-state index in [1.54, 1.807) is 0 Å². The summed E-state index contributed by atoms with van der Waals surface area (Å²) in [6, 6.07) is 3.99. The first kappa shape index (κ1) is 17.7. The summed E-state index contributed by atoms with van der Waals surface area (Å²) < 4.78 is 5.26. The number of carbonyl (C=O) groups is 2. The Morgan fingerprint density at radius 2 is 2.21 bits per heavy atom. The van der Waals surface area contributed by atoms with E-state index in [2.05, 4.69) is 19.2 Å². The second kappa shape index (κ2) is 7.76. The molecule has 1 heterocycles. The number of nitrogens with zero attached hydrogens (tertiary/aromatic N) is 2. The fraction of sp³-hybridized carbons (Fsp3) is 0.500. The lowest BCUT2D eigenvalue weighted by Gasteiger charge is -2.28. The number of rotatable bonds is 7. The third-order valence-electron chi connectivity index (χ3n) is 3.68. The molecule has 0 saturated heterocycles. The maximum atomic E-state index is 12.1. The van der Waals surface area contributed by atoms with Crippen LogP contribution >= 0.6 is 0 Å². The molecule has 1 aromatic rings. The molecule has 2 rings (SSSR count). The monoisotopic (exact) mass is 335 g/mol. The number of hydrogen-bond donors (Lipinski definition) is 1. The zero-order valence-corrected chi connectivity index (χ0v) is 13.8. The van der Waals surface area contributed by atoms with Gasteiger partial charge in [0.05, 0.1) is 10.6 Å². The van der Waals surface area contributed by atoms with Crippen LogP contribution in [0.4, 0.5) is 11.4 Å². The van der Waals surface area contributed by atoms with Gasteiger partial charge >= 0.3 is 0 Å². The topological polar surface area (TPSA) is 102 Å². The molecule has 8 nitrogen and oxygen atoms in total. The fourth-order valence-electron chi connectivity index (χ4n) is 2.42. The number of nitro groups is 1. The molecule has 0 unspecified atom stereocenters. The molecule has 0 spiro atoms. The number of carbonyl (C=O) groups excluding carboxylic acids is 2. The first-order valence-corrected chi connectivity index (χ1v) is 7.86. The summed E-state index contributed by atoms with van der Waals surface area (Å²) in [7, 11) is 0. The molecule has 0 fully saturated rings. The fourth-order valence-corrected chi connectivity index (χ4v) is 2.42. The molecule has 8 heteroatoms. The molecule has 1 aromatic carbocycles. The number of benzene rings is 1. The molecule has 1 aliphatic rings. The first-order chi connectivity index (χ1) is 11.4. The summed E-state index contributed by atoms with van der Waals surface area (Å²) in [5, 5.41) is 13.7. The van der Waals surface area contributed by atoms with Crippen molar-refractivity contribution in [3.63, 3.8) is 0 Å². The number of ether oxygens (including phenoxy) is 1. The van der Waals surface area contributed by atoms with Crippen LogP contribution in [0.3, 0.4) is 0 Å². The lowest BCUT2D eigenvalue weighted by Crippen LogP contribution is -2.45. The molecular formula is C16H21N3O5. The number of hydrogen-bond acceptors (Lipinski definition) is 5. The van der Waals surface area contributed by atoms with Gasteiger partial charge in [0.2, 0.25) is 5.91 Å². The number of nitro benzene ring substituents is 1. The van der Waals surface area contributed by atoms with Gasteiger partial charge in [0, 0.05) is 18.7 Å². The first-order valence-electron chi connectivity index (χ1n) is 7.86. The van der Waals surface area contributed by atoms with Crippen molar-refractivity contribution >= 4 is 23.2 Å². The summed E-state index contributed by atoms with van der Waals surface area (Å²) in [5.74, 6) is 0.217. The van der Waals surface area contributed by atoms with Crippen LogP contribution in [-0.4, -0.2) is 36.4 Å². The van der Waals surface area contributed by atoms with Crippen LogP contribution in [0.2, 0.25) is 0 Å². The van der Waals surface area contributed by atoms with Gasteiger partial charge in [-0.3, -0.25) is 24.6 Å². The van der Waals surface area contributed by atoms with Crippen LogP contribution in [0.25, 0.3) is 0 Å². The zero-order valence-electron chi connectivity index (χ0n) is 13.8. The minimum absolute atomic E-state index is 0.158. The minimum atomic E-state index is -0.552. The third-order valence-corrected chi connectivity index (χ3v) is 3.68. The average Bonchev–Trinajstić information content (AvgIpc) is 2.53. The molecule has 0 atom stereocenters. The van der Waals surface area contributed by atoms with E-state index in [-0.39, 0.29) is 30.4 Å². The standard InChI is InChI=1S/C16H21N3O5/c1-11(2)4-3-7-17-15(20)9-18-13-8-12(19(22)23)5-6-14(13)24-10-16(18)21/h5-6,8,11H,3-4,7,9-10H2,1-2H3,(H,17,20). The summed E-state index contributed by atoms with van der Waals surface area (Å²) in [4.78, 5) is 35.7. The number of nitrogens with one attached hydrogen (secondary N) is 1. The third kappa shape index (κ3) is 4.43. The van der Waals surface area contributed by atoms with E-state index < -0.39 is 10.8 Å². The molecule has 2 amide bonds. The van der Waals surface area contributed by atoms with Gasteiger partial charge in [0.25, 0.3) is 11.6 Å². The Morgan fingerprint density at radius 3 is 2.88 bits per heavy atom. The predicted molar refractivity (Wildman–Crippen MR) is 88.0 cm³/mol. The Labute approximate surface area is 139 Å². The van der Waals surface area contributed by atoms with Crippen molar-refractivity contribution in [2.75, 3.05) is 24.6 Å². The molecule has 0 saturated carbocycles. The SMILES string of the molecule is CC(C)CCCNC(=O)CN1C(=O)COc2ccc([N+](=O)[O-])cc21. The molecule has 1 N–H and O–H groups in total. The van der Waals surface area contributed by atoms with Crippen LogP contribution in [-0.2, 0) is 9.59 Å². The van der Waals surface area contributed by atoms with E-state index in [9.17, 15) is 19.7 Å². The van der Waals surface area contributed by atoms with Gasteiger partial charge in [-0.15, -0.1) is 0 Å². The predicted octanol–water partition coefficient (Wildman–Crippen LogP) is 1.87. The van der Waals surface area contributed by atoms with Gasteiger partial charge < -0.3 is 10.1 Å². The summed E-state index contributed by atoms with van der Waals surface area (Å²) in [6.07, 6.45) is 1.87. The van der Waals surface area contributed by atoms with Crippen LogP contribution in [0.1, 0.15) is 26.7 Å². The largest absolute Gasteiger partial charge is 0.482 e. The number of fused-ring (bicyclic) bond motifs is 1. The minimum Gasteiger partial charge on any atom is -0.482 e. The maximum absolute atomic E-state index is 12.1. The Kier molecular flexibility index (Phi) is 5.73. The lowest BCUT2D eigenvalue weighted by atomic mass is 10.1. The van der Waals surface area contributed by atoms with Crippen molar-refractivity contribution in [3.05, 3.63) is 28.3 Å². The Bertz CT molecular complexity index is 645. The van der Waals surface area contributed by atoms with Crippen molar-refractivity contribution in [2.24, 2.45) is 5.92 Å². The highest BCUT2D eigenvalue weighted by molar-refractivity contribution is 6.02. The number of non-ortho nitro benzene ring substituents is 1. The highest BCUT2D eigenvalue weighted by Crippen LogP contribution is 2.35. The van der Waals surface area contributed by atoms with Crippen molar-refractivity contribution in [2.45, 2.75) is 26.7 Å². The number of amides is 2. The molecule has 0 aromatic heterocycles. The molecule has 24 heavy (non-hydrogen) atoms. The van der Waals surface area contributed by atoms with Crippen molar-refractivity contribution in [1.82, 2.24) is 5.32 Å². The van der Waals surface area contributed by atoms with E-state index in [0.717, 1.165) is 12.8 Å².